The van der Waals surface area contributed by atoms with Crippen molar-refractivity contribution < 1.29 is 43.0 Å². The van der Waals surface area contributed by atoms with Crippen molar-refractivity contribution in [3.63, 3.8) is 0 Å². The van der Waals surface area contributed by atoms with Crippen molar-refractivity contribution >= 4 is 24.1 Å². The third kappa shape index (κ3) is 6.42. The summed E-state index contributed by atoms with van der Waals surface area (Å²) in [6.45, 7) is 1.42. The Hall–Kier alpha value is -3.65. The molecule has 1 aromatic carbocycles. The molecule has 1 aliphatic rings. The minimum Gasteiger partial charge on any atom is -0.467 e. The molecule has 0 aromatic heterocycles. The second-order valence-electron chi connectivity index (χ2n) is 6.51. The van der Waals surface area contributed by atoms with Gasteiger partial charge in [0, 0.05) is 31.4 Å². The van der Waals surface area contributed by atoms with Gasteiger partial charge in [-0.25, -0.2) is 4.79 Å². The average molecular weight is 435 g/mol. The van der Waals surface area contributed by atoms with Crippen LogP contribution in [-0.4, -0.2) is 48.9 Å². The zero-order valence-corrected chi connectivity index (χ0v) is 16.8. The number of carbonyl (C=O) groups is 3. The third-order valence-electron chi connectivity index (χ3n) is 4.38. The van der Waals surface area contributed by atoms with Crippen molar-refractivity contribution in [3.05, 3.63) is 33.9 Å². The number of esters is 2. The number of rotatable bonds is 9. The minimum atomic E-state index is -1.13. The molecule has 31 heavy (non-hydrogen) atoms. The van der Waals surface area contributed by atoms with E-state index in [2.05, 4.69) is 10.7 Å². The van der Waals surface area contributed by atoms with Crippen LogP contribution in [0.4, 0.5) is 5.69 Å². The summed E-state index contributed by atoms with van der Waals surface area (Å²) in [5.74, 6) is 0.923. The van der Waals surface area contributed by atoms with Crippen LogP contribution >= 0.6 is 0 Å². The molecule has 0 saturated carbocycles. The standard InChI is InChI=1S/C20H21NO10/c1-4-5-16(28-11-22)13-6-7-17(15(8-13)21(25)26)30-19-10-14(29-12(2)23)9-18(31-19)20(24)27-3/h1,6-8,11,14,16,18-19H,5,9-10H2,2-3H3. The number of carbonyl (C=O) groups excluding carboxylic acids is 3. The average Bonchev–Trinajstić information content (AvgIpc) is 2.72. The lowest BCUT2D eigenvalue weighted by Gasteiger charge is -2.33. The van der Waals surface area contributed by atoms with Gasteiger partial charge in [-0.3, -0.25) is 19.7 Å². The molecule has 4 unspecified atom stereocenters. The van der Waals surface area contributed by atoms with Gasteiger partial charge in [0.15, 0.2) is 11.9 Å². The number of ether oxygens (including phenoxy) is 5. The smallest absolute Gasteiger partial charge is 0.335 e. The van der Waals surface area contributed by atoms with Crippen LogP contribution in [0, 0.1) is 22.5 Å². The molecule has 11 heteroatoms. The normalized spacial score (nSPS) is 21.1. The number of hydrogen-bond donors (Lipinski definition) is 0. The number of nitro groups is 1. The lowest BCUT2D eigenvalue weighted by atomic mass is 10.0. The first kappa shape index (κ1) is 23.6. The van der Waals surface area contributed by atoms with Gasteiger partial charge in [0.1, 0.15) is 12.2 Å². The van der Waals surface area contributed by atoms with E-state index in [1.807, 2.05) is 0 Å². The highest BCUT2D eigenvalue weighted by molar-refractivity contribution is 5.74. The molecular weight excluding hydrogens is 414 g/mol. The summed E-state index contributed by atoms with van der Waals surface area (Å²) in [6, 6.07) is 3.93. The van der Waals surface area contributed by atoms with Gasteiger partial charge in [0.2, 0.25) is 6.29 Å². The van der Waals surface area contributed by atoms with E-state index in [1.54, 1.807) is 0 Å². The van der Waals surface area contributed by atoms with Crippen LogP contribution in [0.25, 0.3) is 0 Å². The van der Waals surface area contributed by atoms with Crippen molar-refractivity contribution in [3.8, 4) is 18.1 Å². The van der Waals surface area contributed by atoms with Crippen molar-refractivity contribution in [1.82, 2.24) is 0 Å². The Labute approximate surface area is 177 Å². The van der Waals surface area contributed by atoms with Crippen LogP contribution < -0.4 is 4.74 Å². The summed E-state index contributed by atoms with van der Waals surface area (Å²) >= 11 is 0. The van der Waals surface area contributed by atoms with E-state index >= 15 is 0 Å². The van der Waals surface area contributed by atoms with Crippen molar-refractivity contribution in [2.24, 2.45) is 0 Å². The summed E-state index contributed by atoms with van der Waals surface area (Å²) in [5.41, 5.74) is -0.124. The maximum absolute atomic E-state index is 11.9. The number of methoxy groups -OCH3 is 1. The molecule has 0 aliphatic carbocycles. The molecular formula is C20H21NO10. The summed E-state index contributed by atoms with van der Waals surface area (Å²) in [7, 11) is 1.18. The number of terminal acetylenes is 1. The van der Waals surface area contributed by atoms with Gasteiger partial charge in [-0.1, -0.05) is 6.07 Å². The third-order valence-corrected chi connectivity index (χ3v) is 4.38. The zero-order valence-electron chi connectivity index (χ0n) is 16.8. The Bertz CT molecular complexity index is 877. The monoisotopic (exact) mass is 435 g/mol. The highest BCUT2D eigenvalue weighted by atomic mass is 16.7. The Kier molecular flexibility index (Phi) is 8.33. The van der Waals surface area contributed by atoms with E-state index in [0.29, 0.717) is 5.56 Å². The van der Waals surface area contributed by atoms with Crippen LogP contribution in [0.1, 0.15) is 37.9 Å². The summed E-state index contributed by atoms with van der Waals surface area (Å²) in [6.07, 6.45) is 1.60. The van der Waals surface area contributed by atoms with E-state index in [1.165, 1.54) is 32.2 Å². The molecule has 1 aliphatic heterocycles. The van der Waals surface area contributed by atoms with E-state index in [4.69, 9.17) is 25.4 Å². The minimum absolute atomic E-state index is 0.0205. The lowest BCUT2D eigenvalue weighted by Crippen LogP contribution is -2.44. The molecule has 0 bridgehead atoms. The maximum atomic E-state index is 11.9. The summed E-state index contributed by atoms with van der Waals surface area (Å²) in [4.78, 5) is 44.8. The zero-order chi connectivity index (χ0) is 23.0. The molecule has 166 valence electrons. The Morgan fingerprint density at radius 3 is 2.74 bits per heavy atom. The first-order valence-corrected chi connectivity index (χ1v) is 9.17. The molecule has 4 atom stereocenters. The van der Waals surface area contributed by atoms with Crippen molar-refractivity contribution in [2.45, 2.75) is 50.8 Å². The molecule has 0 amide bonds. The molecule has 2 rings (SSSR count). The van der Waals surface area contributed by atoms with Crippen LogP contribution in [0.5, 0.6) is 5.75 Å². The van der Waals surface area contributed by atoms with Crippen molar-refractivity contribution in [1.29, 1.82) is 0 Å². The molecule has 11 nitrogen and oxygen atoms in total. The van der Waals surface area contributed by atoms with Gasteiger partial charge in [-0.05, 0) is 6.07 Å². The predicted molar refractivity (Wildman–Crippen MR) is 103 cm³/mol. The van der Waals surface area contributed by atoms with E-state index < -0.39 is 47.2 Å². The maximum Gasteiger partial charge on any atom is 0.335 e. The van der Waals surface area contributed by atoms with E-state index in [0.717, 1.165) is 0 Å². The van der Waals surface area contributed by atoms with Crippen LogP contribution in [0.15, 0.2) is 18.2 Å². The molecule has 1 aromatic rings. The van der Waals surface area contributed by atoms with Crippen LogP contribution in [0.2, 0.25) is 0 Å². The topological polar surface area (TPSA) is 141 Å². The van der Waals surface area contributed by atoms with Gasteiger partial charge in [-0.2, -0.15) is 0 Å². The first-order valence-electron chi connectivity index (χ1n) is 9.17. The molecule has 1 heterocycles. The van der Waals surface area contributed by atoms with Crippen LogP contribution in [0.3, 0.4) is 0 Å². The van der Waals surface area contributed by atoms with Crippen molar-refractivity contribution in [2.75, 3.05) is 7.11 Å². The molecule has 0 radical (unpaired) electrons. The second kappa shape index (κ2) is 10.9. The van der Waals surface area contributed by atoms with Gasteiger partial charge in [-0.15, -0.1) is 12.3 Å². The summed E-state index contributed by atoms with van der Waals surface area (Å²) < 4.78 is 25.9. The van der Waals surface area contributed by atoms with Gasteiger partial charge in [0.05, 0.1) is 18.5 Å². The summed E-state index contributed by atoms with van der Waals surface area (Å²) in [5, 5.41) is 11.6. The second-order valence-corrected chi connectivity index (χ2v) is 6.51. The Morgan fingerprint density at radius 1 is 1.42 bits per heavy atom. The van der Waals surface area contributed by atoms with Gasteiger partial charge < -0.3 is 23.7 Å². The SMILES string of the molecule is C#CCC(OC=O)c1ccc(OC2CC(OC(C)=O)CC(C(=O)OC)O2)c([N+](=O)[O-])c1. The van der Waals surface area contributed by atoms with Gasteiger partial charge >= 0.3 is 17.6 Å². The Morgan fingerprint density at radius 2 is 2.16 bits per heavy atom. The quantitative estimate of drug-likeness (QED) is 0.141. The predicted octanol–water partition coefficient (Wildman–Crippen LogP) is 1.82. The fourth-order valence-corrected chi connectivity index (χ4v) is 3.07. The Balaban J connectivity index is 2.29. The lowest BCUT2D eigenvalue weighted by molar-refractivity contribution is -0.386. The number of nitrogens with zero attached hydrogens (tertiary/aromatic N) is 1. The number of hydrogen-bond acceptors (Lipinski definition) is 10. The molecule has 1 saturated heterocycles. The number of benzene rings is 1. The van der Waals surface area contributed by atoms with Crippen LogP contribution in [-0.2, 0) is 33.3 Å². The fourth-order valence-electron chi connectivity index (χ4n) is 3.07. The molecule has 1 fully saturated rings. The van der Waals surface area contributed by atoms with E-state index in [9.17, 15) is 24.5 Å². The van der Waals surface area contributed by atoms with E-state index in [-0.39, 0.29) is 31.5 Å². The highest BCUT2D eigenvalue weighted by Crippen LogP contribution is 2.34. The van der Waals surface area contributed by atoms with Gasteiger partial charge in [0.25, 0.3) is 6.47 Å². The molecule has 0 spiro atoms. The largest absolute Gasteiger partial charge is 0.467 e. The number of nitro benzene ring substituents is 1. The first-order chi connectivity index (χ1) is 14.8. The molecule has 0 N–H and O–H groups in total. The highest BCUT2D eigenvalue weighted by Gasteiger charge is 2.38. The fraction of sp³-hybridized carbons (Fsp3) is 0.450.